The van der Waals surface area contributed by atoms with Crippen LogP contribution in [0.15, 0.2) is 35.1 Å². The molecule has 0 fully saturated rings. The van der Waals surface area contributed by atoms with Gasteiger partial charge in [-0.1, -0.05) is 13.8 Å². The van der Waals surface area contributed by atoms with E-state index >= 15 is 0 Å². The number of pyridine rings is 1. The normalized spacial score (nSPS) is 11.2. The fourth-order valence-corrected chi connectivity index (χ4v) is 1.83. The molecular formula is C14H14N4O2. The van der Waals surface area contributed by atoms with Crippen LogP contribution in [0.5, 0.6) is 0 Å². The molecule has 3 rings (SSSR count). The Morgan fingerprint density at radius 2 is 2.30 bits per heavy atom. The van der Waals surface area contributed by atoms with Gasteiger partial charge in [-0.3, -0.25) is 14.9 Å². The lowest BCUT2D eigenvalue weighted by Gasteiger charge is -2.04. The first-order chi connectivity index (χ1) is 9.65. The number of hydrogen-bond acceptors (Lipinski definition) is 4. The summed E-state index contributed by atoms with van der Waals surface area (Å²) < 4.78 is 5.30. The average Bonchev–Trinajstić information content (AvgIpc) is 3.07. The minimum absolute atomic E-state index is 0.0755. The van der Waals surface area contributed by atoms with Crippen LogP contribution >= 0.6 is 0 Å². The van der Waals surface area contributed by atoms with E-state index in [1.54, 1.807) is 12.5 Å². The van der Waals surface area contributed by atoms with Crippen molar-refractivity contribution in [2.75, 3.05) is 5.32 Å². The Bertz CT molecular complexity index is 744. The van der Waals surface area contributed by atoms with Crippen LogP contribution < -0.4 is 5.32 Å². The Labute approximate surface area is 115 Å². The Hall–Kier alpha value is -2.63. The van der Waals surface area contributed by atoms with Crippen molar-refractivity contribution in [1.82, 2.24) is 15.2 Å². The van der Waals surface area contributed by atoms with Gasteiger partial charge in [0.15, 0.2) is 11.6 Å². The topological polar surface area (TPSA) is 83.8 Å². The van der Waals surface area contributed by atoms with E-state index in [1.165, 1.54) is 0 Å². The third kappa shape index (κ3) is 2.16. The number of furan rings is 1. The number of nitrogens with one attached hydrogen (secondary N) is 2. The van der Waals surface area contributed by atoms with Gasteiger partial charge in [0.05, 0.1) is 17.2 Å². The van der Waals surface area contributed by atoms with Gasteiger partial charge >= 0.3 is 0 Å². The fourth-order valence-electron chi connectivity index (χ4n) is 1.83. The van der Waals surface area contributed by atoms with E-state index in [4.69, 9.17) is 4.42 Å². The van der Waals surface area contributed by atoms with E-state index in [0.29, 0.717) is 17.3 Å². The number of carbonyl (C=O) groups is 1. The molecule has 20 heavy (non-hydrogen) atoms. The zero-order valence-corrected chi connectivity index (χ0v) is 11.2. The maximum Gasteiger partial charge on any atom is 0.228 e. The molecule has 102 valence electrons. The van der Waals surface area contributed by atoms with E-state index < -0.39 is 0 Å². The van der Waals surface area contributed by atoms with Crippen LogP contribution in [0.1, 0.15) is 13.8 Å². The molecule has 3 heterocycles. The van der Waals surface area contributed by atoms with E-state index in [2.05, 4.69) is 20.5 Å². The Morgan fingerprint density at radius 1 is 1.45 bits per heavy atom. The quantitative estimate of drug-likeness (QED) is 0.766. The first-order valence-corrected chi connectivity index (χ1v) is 6.34. The molecule has 3 aromatic heterocycles. The largest absolute Gasteiger partial charge is 0.463 e. The summed E-state index contributed by atoms with van der Waals surface area (Å²) in [7, 11) is 0. The number of amides is 1. The zero-order chi connectivity index (χ0) is 14.1. The highest BCUT2D eigenvalue weighted by molar-refractivity contribution is 6.00. The van der Waals surface area contributed by atoms with Crippen molar-refractivity contribution in [3.63, 3.8) is 0 Å². The van der Waals surface area contributed by atoms with Crippen LogP contribution in [0.4, 0.5) is 5.82 Å². The second-order valence-electron chi connectivity index (χ2n) is 4.81. The SMILES string of the molecule is CC(C)C(=O)Nc1n[nH]c2cc(-c3ccco3)ncc12. The molecule has 0 unspecified atom stereocenters. The molecule has 0 aromatic carbocycles. The van der Waals surface area contributed by atoms with Gasteiger partial charge in [0.1, 0.15) is 5.69 Å². The lowest BCUT2D eigenvalue weighted by atomic mass is 10.2. The molecule has 0 saturated heterocycles. The van der Waals surface area contributed by atoms with Crippen molar-refractivity contribution < 1.29 is 9.21 Å². The summed E-state index contributed by atoms with van der Waals surface area (Å²) in [6, 6.07) is 5.49. The maximum atomic E-state index is 11.7. The van der Waals surface area contributed by atoms with Crippen LogP contribution in [0.2, 0.25) is 0 Å². The Morgan fingerprint density at radius 3 is 3.00 bits per heavy atom. The van der Waals surface area contributed by atoms with Crippen LogP contribution in [0.3, 0.4) is 0 Å². The number of nitrogens with zero attached hydrogens (tertiary/aromatic N) is 2. The van der Waals surface area contributed by atoms with Crippen molar-refractivity contribution in [3.8, 4) is 11.5 Å². The molecular weight excluding hydrogens is 256 g/mol. The van der Waals surface area contributed by atoms with Gasteiger partial charge in [-0.05, 0) is 18.2 Å². The summed E-state index contributed by atoms with van der Waals surface area (Å²) in [5.41, 5.74) is 1.51. The molecule has 0 aliphatic rings. The van der Waals surface area contributed by atoms with Gasteiger partial charge in [-0.15, -0.1) is 0 Å². The van der Waals surface area contributed by atoms with Gasteiger partial charge < -0.3 is 9.73 Å². The average molecular weight is 270 g/mol. The number of hydrogen-bond donors (Lipinski definition) is 2. The minimum atomic E-state index is -0.0999. The van der Waals surface area contributed by atoms with Gasteiger partial charge in [-0.2, -0.15) is 5.10 Å². The number of aromatic amines is 1. The lowest BCUT2D eigenvalue weighted by Crippen LogP contribution is -2.18. The second-order valence-corrected chi connectivity index (χ2v) is 4.81. The summed E-state index contributed by atoms with van der Waals surface area (Å²) in [6.07, 6.45) is 3.27. The number of rotatable bonds is 3. The molecule has 0 saturated carbocycles. The number of aromatic nitrogens is 3. The molecule has 3 aromatic rings. The lowest BCUT2D eigenvalue weighted by molar-refractivity contribution is -0.118. The van der Waals surface area contributed by atoms with Gasteiger partial charge in [0, 0.05) is 12.1 Å². The Kier molecular flexibility index (Phi) is 2.98. The van der Waals surface area contributed by atoms with Gasteiger partial charge in [0.2, 0.25) is 5.91 Å². The van der Waals surface area contributed by atoms with Crippen molar-refractivity contribution in [2.24, 2.45) is 5.92 Å². The van der Waals surface area contributed by atoms with Crippen molar-refractivity contribution >= 4 is 22.6 Å². The molecule has 0 radical (unpaired) electrons. The van der Waals surface area contributed by atoms with Crippen LogP contribution in [-0.4, -0.2) is 21.1 Å². The van der Waals surface area contributed by atoms with E-state index in [9.17, 15) is 4.79 Å². The second kappa shape index (κ2) is 4.80. The summed E-state index contributed by atoms with van der Waals surface area (Å²) in [5.74, 6) is 1.01. The van der Waals surface area contributed by atoms with E-state index in [1.807, 2.05) is 32.0 Å². The number of anilines is 1. The number of fused-ring (bicyclic) bond motifs is 1. The van der Waals surface area contributed by atoms with E-state index in [0.717, 1.165) is 10.9 Å². The minimum Gasteiger partial charge on any atom is -0.463 e. The molecule has 1 amide bonds. The molecule has 0 aliphatic carbocycles. The van der Waals surface area contributed by atoms with Crippen LogP contribution in [0.25, 0.3) is 22.4 Å². The molecule has 0 aliphatic heterocycles. The highest BCUT2D eigenvalue weighted by Gasteiger charge is 2.13. The highest BCUT2D eigenvalue weighted by Crippen LogP contribution is 2.25. The van der Waals surface area contributed by atoms with Crippen molar-refractivity contribution in [3.05, 3.63) is 30.7 Å². The molecule has 0 atom stereocenters. The van der Waals surface area contributed by atoms with Crippen LogP contribution in [0, 0.1) is 5.92 Å². The molecule has 6 heteroatoms. The molecule has 0 bridgehead atoms. The number of carbonyl (C=O) groups excluding carboxylic acids is 1. The third-order valence-electron chi connectivity index (χ3n) is 2.99. The van der Waals surface area contributed by atoms with Gasteiger partial charge in [0.25, 0.3) is 0 Å². The fraction of sp³-hybridized carbons (Fsp3) is 0.214. The summed E-state index contributed by atoms with van der Waals surface area (Å²) in [5, 5.41) is 10.5. The predicted octanol–water partition coefficient (Wildman–Crippen LogP) is 2.81. The number of H-pyrrole nitrogens is 1. The monoisotopic (exact) mass is 270 g/mol. The van der Waals surface area contributed by atoms with Gasteiger partial charge in [-0.25, -0.2) is 0 Å². The molecule has 2 N–H and O–H groups in total. The first kappa shape index (κ1) is 12.4. The Balaban J connectivity index is 1.96. The standard InChI is InChI=1S/C14H14N4O2/c1-8(2)14(19)16-13-9-7-15-11(6-10(9)17-18-13)12-4-3-5-20-12/h3-8H,1-2H3,(H2,16,17,18,19). The molecule has 6 nitrogen and oxygen atoms in total. The van der Waals surface area contributed by atoms with Crippen molar-refractivity contribution in [2.45, 2.75) is 13.8 Å². The smallest absolute Gasteiger partial charge is 0.228 e. The maximum absolute atomic E-state index is 11.7. The predicted molar refractivity (Wildman–Crippen MR) is 75.1 cm³/mol. The summed E-state index contributed by atoms with van der Waals surface area (Å²) in [6.45, 7) is 3.66. The summed E-state index contributed by atoms with van der Waals surface area (Å²) >= 11 is 0. The highest BCUT2D eigenvalue weighted by atomic mass is 16.3. The van der Waals surface area contributed by atoms with Crippen molar-refractivity contribution in [1.29, 1.82) is 0 Å². The van der Waals surface area contributed by atoms with Crippen LogP contribution in [-0.2, 0) is 4.79 Å². The summed E-state index contributed by atoms with van der Waals surface area (Å²) in [4.78, 5) is 16.0. The zero-order valence-electron chi connectivity index (χ0n) is 11.2. The third-order valence-corrected chi connectivity index (χ3v) is 2.99. The molecule has 0 spiro atoms. The van der Waals surface area contributed by atoms with E-state index in [-0.39, 0.29) is 11.8 Å². The first-order valence-electron chi connectivity index (χ1n) is 6.34.